The normalized spacial score (nSPS) is 22.9. The Balaban J connectivity index is 1.36. The van der Waals surface area contributed by atoms with Crippen LogP contribution in [0.15, 0.2) is 24.3 Å². The molecule has 34 heavy (non-hydrogen) atoms. The average Bonchev–Trinajstić information content (AvgIpc) is 2.75. The molecule has 2 unspecified atom stereocenters. The molecule has 188 valence electrons. The van der Waals surface area contributed by atoms with Crippen molar-refractivity contribution >= 4 is 6.09 Å². The lowest BCUT2D eigenvalue weighted by Crippen LogP contribution is -2.61. The van der Waals surface area contributed by atoms with Gasteiger partial charge in [-0.15, -0.1) is 0 Å². The summed E-state index contributed by atoms with van der Waals surface area (Å²) in [5.41, 5.74) is 0.124. The van der Waals surface area contributed by atoms with Crippen molar-refractivity contribution in [3.05, 3.63) is 29.8 Å². The number of aliphatic hydroxyl groups excluding tert-OH is 1. The Bertz CT molecular complexity index is 827. The van der Waals surface area contributed by atoms with Crippen LogP contribution in [0.1, 0.15) is 26.3 Å². The number of amides is 1. The molecule has 2 fully saturated rings. The van der Waals surface area contributed by atoms with Crippen molar-refractivity contribution in [1.29, 1.82) is 5.26 Å². The zero-order valence-electron chi connectivity index (χ0n) is 20.1. The van der Waals surface area contributed by atoms with Crippen LogP contribution in [0.5, 0.6) is 5.75 Å². The van der Waals surface area contributed by atoms with Crippen LogP contribution in [-0.4, -0.2) is 104 Å². The number of hydrogen-bond donors (Lipinski definition) is 2. The highest BCUT2D eigenvalue weighted by atomic mass is 19.1. The fraction of sp³-hybridized carbons (Fsp3) is 0.667. The Morgan fingerprint density at radius 1 is 1.18 bits per heavy atom. The first kappa shape index (κ1) is 26.2. The van der Waals surface area contributed by atoms with Crippen molar-refractivity contribution in [1.82, 2.24) is 15.1 Å². The van der Waals surface area contributed by atoms with E-state index in [-0.39, 0.29) is 32.0 Å². The quantitative estimate of drug-likeness (QED) is 0.551. The molecule has 1 amide bonds. The number of benzene rings is 1. The van der Waals surface area contributed by atoms with E-state index in [1.807, 2.05) is 25.7 Å². The topological polar surface area (TPSA) is 107 Å². The molecule has 2 aliphatic rings. The van der Waals surface area contributed by atoms with Crippen LogP contribution in [0.2, 0.25) is 0 Å². The summed E-state index contributed by atoms with van der Waals surface area (Å²) in [6.45, 7) is 8.44. The van der Waals surface area contributed by atoms with E-state index in [0.717, 1.165) is 0 Å². The van der Waals surface area contributed by atoms with Gasteiger partial charge in [0.25, 0.3) is 0 Å². The number of alkyl carbamates (subject to hydrolysis) is 1. The van der Waals surface area contributed by atoms with Gasteiger partial charge < -0.3 is 24.6 Å². The average molecular weight is 479 g/mol. The number of carbonyl (C=O) groups excluding carboxylic acids is 1. The number of halogens is 1. The summed E-state index contributed by atoms with van der Waals surface area (Å²) in [5.74, 6) is 0.605. The van der Waals surface area contributed by atoms with Gasteiger partial charge >= 0.3 is 6.09 Å². The van der Waals surface area contributed by atoms with Gasteiger partial charge in [-0.05, 0) is 45.0 Å². The number of alkyl halides is 1. The molecule has 1 aromatic carbocycles. The minimum Gasteiger partial charge on any atom is -0.491 e. The molecule has 2 N–H and O–H groups in total. The van der Waals surface area contributed by atoms with Crippen LogP contribution >= 0.6 is 0 Å². The number of fused-ring (bicyclic) bond motifs is 2. The van der Waals surface area contributed by atoms with E-state index in [1.165, 1.54) is 0 Å². The van der Waals surface area contributed by atoms with Crippen LogP contribution in [0, 0.1) is 11.3 Å². The highest BCUT2D eigenvalue weighted by molar-refractivity contribution is 5.68. The van der Waals surface area contributed by atoms with Gasteiger partial charge in [0.15, 0.2) is 0 Å². The monoisotopic (exact) mass is 478 g/mol. The van der Waals surface area contributed by atoms with E-state index >= 15 is 0 Å². The molecule has 0 radical (unpaired) electrons. The van der Waals surface area contributed by atoms with Gasteiger partial charge in [0.05, 0.1) is 23.8 Å². The number of ether oxygens (including phenoxy) is 3. The predicted molar refractivity (Wildman–Crippen MR) is 123 cm³/mol. The van der Waals surface area contributed by atoms with E-state index in [2.05, 4.69) is 16.3 Å². The largest absolute Gasteiger partial charge is 0.491 e. The third-order valence-electron chi connectivity index (χ3n) is 5.46. The first-order valence-corrected chi connectivity index (χ1v) is 11.6. The van der Waals surface area contributed by atoms with Crippen LogP contribution in [0.25, 0.3) is 0 Å². The third-order valence-corrected chi connectivity index (χ3v) is 5.46. The Kier molecular flexibility index (Phi) is 9.08. The van der Waals surface area contributed by atoms with Gasteiger partial charge in [-0.3, -0.25) is 9.80 Å². The lowest BCUT2D eigenvalue weighted by Gasteiger charge is -2.46. The number of nitriles is 1. The SMILES string of the molecule is CC(C)(C)NC(=O)OC[C@@H](F)CN1CC2CN(C[C@H](O)COc3ccc(C#N)cc3)CC(C1)O2. The summed E-state index contributed by atoms with van der Waals surface area (Å²) in [7, 11) is 0. The maximum absolute atomic E-state index is 14.4. The smallest absolute Gasteiger partial charge is 0.407 e. The number of carbonyl (C=O) groups is 1. The van der Waals surface area contributed by atoms with Gasteiger partial charge in [0.2, 0.25) is 0 Å². The lowest BCUT2D eigenvalue weighted by molar-refractivity contribution is -0.146. The summed E-state index contributed by atoms with van der Waals surface area (Å²) in [5, 5.41) is 21.9. The summed E-state index contributed by atoms with van der Waals surface area (Å²) in [4.78, 5) is 15.9. The number of nitrogens with zero attached hydrogens (tertiary/aromatic N) is 3. The highest BCUT2D eigenvalue weighted by Crippen LogP contribution is 2.20. The fourth-order valence-electron chi connectivity index (χ4n) is 4.17. The second-order valence-corrected chi connectivity index (χ2v) is 9.99. The second kappa shape index (κ2) is 11.8. The summed E-state index contributed by atoms with van der Waals surface area (Å²) >= 11 is 0. The van der Waals surface area contributed by atoms with Crippen molar-refractivity contribution in [2.24, 2.45) is 0 Å². The molecular weight excluding hydrogens is 443 g/mol. The van der Waals surface area contributed by atoms with Crippen LogP contribution in [0.4, 0.5) is 9.18 Å². The van der Waals surface area contributed by atoms with E-state index < -0.39 is 23.9 Å². The van der Waals surface area contributed by atoms with Gasteiger partial charge in [0.1, 0.15) is 31.2 Å². The van der Waals surface area contributed by atoms with Crippen LogP contribution in [-0.2, 0) is 9.47 Å². The van der Waals surface area contributed by atoms with Crippen molar-refractivity contribution in [2.45, 2.75) is 50.8 Å². The van der Waals surface area contributed by atoms with Crippen molar-refractivity contribution < 1.29 is 28.5 Å². The number of aliphatic hydroxyl groups is 1. The minimum atomic E-state index is -1.28. The molecule has 2 bridgehead atoms. The standard InChI is InChI=1S/C24H35FN4O5/c1-24(2,3)27-23(31)33-15-18(25)9-28-11-21-13-29(14-22(12-28)34-21)10-19(30)16-32-20-6-4-17(8-26)5-7-20/h4-7,18-19,21-22,30H,9-16H2,1-3H3,(H,27,31)/t18-,19-,21?,22?/m0/s1. The van der Waals surface area contributed by atoms with E-state index in [4.69, 9.17) is 19.5 Å². The molecule has 4 atom stereocenters. The minimum absolute atomic E-state index is 0.0727. The van der Waals surface area contributed by atoms with Crippen molar-refractivity contribution in [3.63, 3.8) is 0 Å². The van der Waals surface area contributed by atoms with Crippen LogP contribution in [0.3, 0.4) is 0 Å². The zero-order chi connectivity index (χ0) is 24.7. The summed E-state index contributed by atoms with van der Waals surface area (Å²) in [6.07, 6.45) is -2.71. The fourth-order valence-corrected chi connectivity index (χ4v) is 4.17. The number of β-amino-alcohol motifs (C(OH)–C–C–N with tert-alkyl or cyclic N) is 1. The maximum atomic E-state index is 14.4. The molecule has 0 saturated carbocycles. The van der Waals surface area contributed by atoms with Crippen LogP contribution < -0.4 is 10.1 Å². The summed E-state index contributed by atoms with van der Waals surface area (Å²) in [6, 6.07) is 8.81. The molecule has 2 saturated heterocycles. The Hall–Kier alpha value is -2.45. The molecular formula is C24H35FN4O5. The molecule has 10 heteroatoms. The number of rotatable bonds is 9. The van der Waals surface area contributed by atoms with Crippen molar-refractivity contribution in [2.75, 3.05) is 52.5 Å². The lowest BCUT2D eigenvalue weighted by atomic mass is 10.1. The van der Waals surface area contributed by atoms with Crippen molar-refractivity contribution in [3.8, 4) is 11.8 Å². The predicted octanol–water partition coefficient (Wildman–Crippen LogP) is 1.55. The first-order valence-electron chi connectivity index (χ1n) is 11.6. The molecule has 3 rings (SSSR count). The first-order chi connectivity index (χ1) is 16.1. The second-order valence-electron chi connectivity index (χ2n) is 9.99. The van der Waals surface area contributed by atoms with Gasteiger partial charge in [0, 0.05) is 44.8 Å². The van der Waals surface area contributed by atoms with Gasteiger partial charge in [-0.25, -0.2) is 9.18 Å². The molecule has 2 aliphatic heterocycles. The number of morpholine rings is 2. The molecule has 0 aromatic heterocycles. The number of hydrogen-bond acceptors (Lipinski definition) is 8. The molecule has 2 heterocycles. The molecule has 0 aliphatic carbocycles. The maximum Gasteiger partial charge on any atom is 0.407 e. The highest BCUT2D eigenvalue weighted by Gasteiger charge is 2.36. The Labute approximate surface area is 200 Å². The summed E-state index contributed by atoms with van der Waals surface area (Å²) < 4.78 is 31.0. The molecule has 1 aromatic rings. The van der Waals surface area contributed by atoms with Gasteiger partial charge in [-0.1, -0.05) is 0 Å². The zero-order valence-corrected chi connectivity index (χ0v) is 20.1. The van der Waals surface area contributed by atoms with E-state index in [1.54, 1.807) is 24.3 Å². The van der Waals surface area contributed by atoms with E-state index in [9.17, 15) is 14.3 Å². The van der Waals surface area contributed by atoms with Gasteiger partial charge in [-0.2, -0.15) is 5.26 Å². The van der Waals surface area contributed by atoms with E-state index in [0.29, 0.717) is 44.0 Å². The molecule has 9 nitrogen and oxygen atoms in total. The number of nitrogens with one attached hydrogen (secondary N) is 1. The Morgan fingerprint density at radius 2 is 1.76 bits per heavy atom. The Morgan fingerprint density at radius 3 is 2.32 bits per heavy atom. The third kappa shape index (κ3) is 8.72. The molecule has 0 spiro atoms.